The zero-order valence-electron chi connectivity index (χ0n) is 17.5. The third-order valence-electron chi connectivity index (χ3n) is 5.39. The van der Waals surface area contributed by atoms with Crippen LogP contribution in [0.25, 0.3) is 5.57 Å². The molecule has 2 aromatic rings. The second-order valence-electron chi connectivity index (χ2n) is 7.02. The Hall–Kier alpha value is -2.30. The molecular formula is C24H31ClN2O2. The molecular weight excluding hydrogens is 384 g/mol. The largest absolute Gasteiger partial charge is 0.497 e. The third-order valence-corrected chi connectivity index (χ3v) is 5.39. The number of amides is 1. The minimum Gasteiger partial charge on any atom is -0.497 e. The zero-order valence-corrected chi connectivity index (χ0v) is 18.3. The molecule has 0 aliphatic carbocycles. The number of carbonyl (C=O) groups excluding carboxylic acids is 1. The Morgan fingerprint density at radius 3 is 2.17 bits per heavy atom. The fraction of sp³-hybridized carbons (Fsp3) is 0.375. The van der Waals surface area contributed by atoms with Crippen molar-refractivity contribution in [3.05, 3.63) is 70.8 Å². The lowest BCUT2D eigenvalue weighted by molar-refractivity contribution is 0.0773. The Labute approximate surface area is 180 Å². The van der Waals surface area contributed by atoms with Crippen molar-refractivity contribution < 1.29 is 9.53 Å². The molecule has 156 valence electrons. The molecule has 1 aliphatic rings. The van der Waals surface area contributed by atoms with Crippen molar-refractivity contribution in [2.45, 2.75) is 26.7 Å². The summed E-state index contributed by atoms with van der Waals surface area (Å²) in [6, 6.07) is 16.3. The predicted molar refractivity (Wildman–Crippen MR) is 122 cm³/mol. The Kier molecular flexibility index (Phi) is 8.74. The van der Waals surface area contributed by atoms with Crippen LogP contribution in [0.5, 0.6) is 5.75 Å². The Balaban J connectivity index is 0.00000300. The van der Waals surface area contributed by atoms with E-state index in [0.717, 1.165) is 55.9 Å². The zero-order chi connectivity index (χ0) is 19.9. The molecule has 1 amide bonds. The van der Waals surface area contributed by atoms with Crippen molar-refractivity contribution in [2.75, 3.05) is 33.3 Å². The lowest BCUT2D eigenvalue weighted by atomic mass is 9.88. The summed E-state index contributed by atoms with van der Waals surface area (Å²) in [6.45, 7) is 7.48. The molecule has 0 atom stereocenters. The molecule has 1 N–H and O–H groups in total. The first-order chi connectivity index (χ1) is 13.7. The van der Waals surface area contributed by atoms with Crippen molar-refractivity contribution >= 4 is 23.9 Å². The summed E-state index contributed by atoms with van der Waals surface area (Å²) in [5.74, 6) is 0.951. The number of hydrogen-bond donors (Lipinski definition) is 1. The van der Waals surface area contributed by atoms with Crippen LogP contribution in [0.2, 0.25) is 0 Å². The van der Waals surface area contributed by atoms with Gasteiger partial charge in [-0.25, -0.2) is 0 Å². The van der Waals surface area contributed by atoms with Gasteiger partial charge < -0.3 is 15.0 Å². The molecule has 29 heavy (non-hydrogen) atoms. The molecule has 0 radical (unpaired) electrons. The SMILES string of the molecule is CCN(CC)C(=O)c1ccc(C(=C2CCNCC2)c2cccc(OC)c2)cc1.Cl. The van der Waals surface area contributed by atoms with Gasteiger partial charge in [-0.3, -0.25) is 4.79 Å². The fourth-order valence-electron chi connectivity index (χ4n) is 3.80. The Bertz CT molecular complexity index is 834. The van der Waals surface area contributed by atoms with Crippen molar-refractivity contribution in [3.63, 3.8) is 0 Å². The van der Waals surface area contributed by atoms with Crippen molar-refractivity contribution in [2.24, 2.45) is 0 Å². The van der Waals surface area contributed by atoms with Crippen LogP contribution in [0.4, 0.5) is 0 Å². The van der Waals surface area contributed by atoms with Gasteiger partial charge in [-0.05, 0) is 80.7 Å². The monoisotopic (exact) mass is 414 g/mol. The number of piperidine rings is 1. The number of nitrogens with zero attached hydrogens (tertiary/aromatic N) is 1. The van der Waals surface area contributed by atoms with Gasteiger partial charge in [0.25, 0.3) is 5.91 Å². The summed E-state index contributed by atoms with van der Waals surface area (Å²) in [5.41, 5.74) is 5.78. The van der Waals surface area contributed by atoms with Crippen LogP contribution >= 0.6 is 12.4 Å². The third kappa shape index (κ3) is 5.40. The first-order valence-corrected chi connectivity index (χ1v) is 10.1. The lowest BCUT2D eigenvalue weighted by Crippen LogP contribution is -2.30. The molecule has 0 aromatic heterocycles. The normalized spacial score (nSPS) is 13.4. The highest BCUT2D eigenvalue weighted by Gasteiger charge is 2.17. The van der Waals surface area contributed by atoms with E-state index in [2.05, 4.69) is 29.6 Å². The number of methoxy groups -OCH3 is 1. The number of halogens is 1. The van der Waals surface area contributed by atoms with Gasteiger partial charge in [-0.15, -0.1) is 12.4 Å². The quantitative estimate of drug-likeness (QED) is 0.739. The fourth-order valence-corrected chi connectivity index (χ4v) is 3.80. The highest BCUT2D eigenvalue weighted by atomic mass is 35.5. The predicted octanol–water partition coefficient (Wildman–Crippen LogP) is 4.78. The maximum atomic E-state index is 12.6. The van der Waals surface area contributed by atoms with Gasteiger partial charge in [0.05, 0.1) is 7.11 Å². The molecule has 0 bridgehead atoms. The average Bonchev–Trinajstić information content (AvgIpc) is 2.76. The molecule has 0 spiro atoms. The highest BCUT2D eigenvalue weighted by Crippen LogP contribution is 2.33. The first-order valence-electron chi connectivity index (χ1n) is 10.1. The Morgan fingerprint density at radius 1 is 0.966 bits per heavy atom. The van der Waals surface area contributed by atoms with Gasteiger partial charge in [-0.2, -0.15) is 0 Å². The van der Waals surface area contributed by atoms with Crippen LogP contribution in [-0.2, 0) is 0 Å². The van der Waals surface area contributed by atoms with E-state index >= 15 is 0 Å². The maximum Gasteiger partial charge on any atom is 0.253 e. The standard InChI is InChI=1S/C24H30N2O2.ClH/c1-4-26(5-2)24(27)20-11-9-18(10-12-20)23(19-13-15-25-16-14-19)21-7-6-8-22(17-21)28-3;/h6-12,17,25H,4-5,13-16H2,1-3H3;1H. The van der Waals surface area contributed by atoms with Crippen molar-refractivity contribution in [1.29, 1.82) is 0 Å². The Morgan fingerprint density at radius 2 is 1.59 bits per heavy atom. The molecule has 5 heteroatoms. The lowest BCUT2D eigenvalue weighted by Gasteiger charge is -2.22. The van der Waals surface area contributed by atoms with Crippen LogP contribution in [-0.4, -0.2) is 44.1 Å². The summed E-state index contributed by atoms with van der Waals surface area (Å²) in [7, 11) is 1.70. The van der Waals surface area contributed by atoms with Gasteiger partial charge in [-0.1, -0.05) is 29.8 Å². The molecule has 1 fully saturated rings. The minimum absolute atomic E-state index is 0. The van der Waals surface area contributed by atoms with Crippen LogP contribution in [0, 0.1) is 0 Å². The van der Waals surface area contributed by atoms with Gasteiger partial charge >= 0.3 is 0 Å². The van der Waals surface area contributed by atoms with Crippen LogP contribution in [0.3, 0.4) is 0 Å². The number of carbonyl (C=O) groups is 1. The molecule has 0 saturated carbocycles. The molecule has 1 saturated heterocycles. The number of hydrogen-bond acceptors (Lipinski definition) is 3. The van der Waals surface area contributed by atoms with Gasteiger partial charge in [0.2, 0.25) is 0 Å². The second-order valence-corrected chi connectivity index (χ2v) is 7.02. The molecule has 4 nitrogen and oxygen atoms in total. The van der Waals surface area contributed by atoms with Crippen LogP contribution in [0.1, 0.15) is 48.2 Å². The summed E-state index contributed by atoms with van der Waals surface area (Å²) in [5, 5.41) is 3.44. The van der Waals surface area contributed by atoms with E-state index in [1.165, 1.54) is 16.7 Å². The van der Waals surface area contributed by atoms with E-state index in [9.17, 15) is 4.79 Å². The summed E-state index contributed by atoms with van der Waals surface area (Å²) < 4.78 is 5.44. The summed E-state index contributed by atoms with van der Waals surface area (Å²) in [4.78, 5) is 14.5. The number of benzene rings is 2. The van der Waals surface area contributed by atoms with Crippen molar-refractivity contribution in [1.82, 2.24) is 10.2 Å². The van der Waals surface area contributed by atoms with E-state index < -0.39 is 0 Å². The van der Waals surface area contributed by atoms with Gasteiger partial charge in [0.15, 0.2) is 0 Å². The van der Waals surface area contributed by atoms with Crippen LogP contribution in [0.15, 0.2) is 54.1 Å². The molecule has 1 heterocycles. The van der Waals surface area contributed by atoms with Crippen LogP contribution < -0.4 is 10.1 Å². The minimum atomic E-state index is 0. The highest BCUT2D eigenvalue weighted by molar-refractivity contribution is 5.95. The molecule has 3 rings (SSSR count). The summed E-state index contributed by atoms with van der Waals surface area (Å²) in [6.07, 6.45) is 2.07. The van der Waals surface area contributed by atoms with Gasteiger partial charge in [0, 0.05) is 18.7 Å². The van der Waals surface area contributed by atoms with Crippen molar-refractivity contribution in [3.8, 4) is 5.75 Å². The topological polar surface area (TPSA) is 41.6 Å². The number of nitrogens with one attached hydrogen (secondary N) is 1. The molecule has 2 aromatic carbocycles. The molecule has 0 unspecified atom stereocenters. The number of ether oxygens (including phenoxy) is 1. The van der Waals surface area contributed by atoms with E-state index in [1.807, 2.05) is 43.0 Å². The molecule has 1 aliphatic heterocycles. The van der Waals surface area contributed by atoms with E-state index in [0.29, 0.717) is 0 Å². The number of rotatable bonds is 6. The summed E-state index contributed by atoms with van der Waals surface area (Å²) >= 11 is 0. The smallest absolute Gasteiger partial charge is 0.253 e. The first kappa shape index (κ1) is 23.0. The maximum absolute atomic E-state index is 12.6. The van der Waals surface area contributed by atoms with E-state index in [-0.39, 0.29) is 18.3 Å². The van der Waals surface area contributed by atoms with E-state index in [1.54, 1.807) is 7.11 Å². The second kappa shape index (κ2) is 11.0. The van der Waals surface area contributed by atoms with E-state index in [4.69, 9.17) is 4.74 Å². The van der Waals surface area contributed by atoms with Gasteiger partial charge in [0.1, 0.15) is 5.75 Å². The average molecular weight is 415 g/mol.